The largest absolute Gasteiger partial charge is 0.496 e. The molecule has 1 atom stereocenters. The highest BCUT2D eigenvalue weighted by Crippen LogP contribution is 2.26. The van der Waals surface area contributed by atoms with Gasteiger partial charge in [-0.1, -0.05) is 0 Å². The van der Waals surface area contributed by atoms with E-state index in [1.165, 1.54) is 6.07 Å². The number of halogens is 1. The van der Waals surface area contributed by atoms with Crippen molar-refractivity contribution in [3.05, 3.63) is 29.1 Å². The van der Waals surface area contributed by atoms with Gasteiger partial charge in [-0.15, -0.1) is 0 Å². The van der Waals surface area contributed by atoms with Crippen molar-refractivity contribution in [2.45, 2.75) is 19.9 Å². The quantitative estimate of drug-likeness (QED) is 0.762. The molecule has 0 amide bonds. The molecule has 0 saturated carbocycles. The van der Waals surface area contributed by atoms with E-state index in [9.17, 15) is 4.39 Å². The third-order valence-corrected chi connectivity index (χ3v) is 2.00. The normalized spacial score (nSPS) is 12.7. The second-order valence-electron chi connectivity index (χ2n) is 3.13. The summed E-state index contributed by atoms with van der Waals surface area (Å²) in [6.07, 6.45) is 0. The first-order valence-electron chi connectivity index (χ1n) is 4.16. The lowest BCUT2D eigenvalue weighted by Gasteiger charge is -2.12. The fourth-order valence-corrected chi connectivity index (χ4v) is 1.20. The molecule has 2 nitrogen and oxygen atoms in total. The number of methoxy groups -OCH3 is 1. The Labute approximate surface area is 77.5 Å². The van der Waals surface area contributed by atoms with Crippen molar-refractivity contribution in [2.75, 3.05) is 7.11 Å². The van der Waals surface area contributed by atoms with Crippen molar-refractivity contribution in [2.24, 2.45) is 5.73 Å². The average molecular weight is 183 g/mol. The lowest BCUT2D eigenvalue weighted by atomic mass is 10.1. The molecule has 1 rings (SSSR count). The minimum Gasteiger partial charge on any atom is -0.496 e. The van der Waals surface area contributed by atoms with E-state index < -0.39 is 0 Å². The molecule has 0 unspecified atom stereocenters. The lowest BCUT2D eigenvalue weighted by molar-refractivity contribution is 0.405. The van der Waals surface area contributed by atoms with Gasteiger partial charge in [0.1, 0.15) is 11.6 Å². The molecule has 1 aromatic carbocycles. The smallest absolute Gasteiger partial charge is 0.126 e. The Bertz CT molecular complexity index is 310. The van der Waals surface area contributed by atoms with Crippen LogP contribution in [0.2, 0.25) is 0 Å². The maximum absolute atomic E-state index is 13.1. The zero-order chi connectivity index (χ0) is 10.0. The summed E-state index contributed by atoms with van der Waals surface area (Å²) in [7, 11) is 1.55. The number of ether oxygens (including phenoxy) is 1. The molecule has 0 radical (unpaired) electrons. The summed E-state index contributed by atoms with van der Waals surface area (Å²) in [6, 6.07) is 2.87. The van der Waals surface area contributed by atoms with Crippen molar-refractivity contribution < 1.29 is 9.13 Å². The molecule has 0 spiro atoms. The molecular weight excluding hydrogens is 169 g/mol. The average Bonchev–Trinajstić information content (AvgIpc) is 2.08. The summed E-state index contributed by atoms with van der Waals surface area (Å²) >= 11 is 0. The molecule has 72 valence electrons. The number of benzene rings is 1. The van der Waals surface area contributed by atoms with Gasteiger partial charge >= 0.3 is 0 Å². The van der Waals surface area contributed by atoms with Gasteiger partial charge in [0.25, 0.3) is 0 Å². The third kappa shape index (κ3) is 1.98. The Kier molecular flexibility index (Phi) is 2.88. The number of hydrogen-bond donors (Lipinski definition) is 1. The molecule has 0 aromatic heterocycles. The van der Waals surface area contributed by atoms with E-state index in [-0.39, 0.29) is 11.9 Å². The van der Waals surface area contributed by atoms with Crippen LogP contribution in [0.15, 0.2) is 12.1 Å². The molecule has 1 aromatic rings. The van der Waals surface area contributed by atoms with Gasteiger partial charge in [0.2, 0.25) is 0 Å². The van der Waals surface area contributed by atoms with E-state index in [1.54, 1.807) is 27.0 Å². The van der Waals surface area contributed by atoms with Crippen molar-refractivity contribution >= 4 is 0 Å². The summed E-state index contributed by atoms with van der Waals surface area (Å²) in [5.74, 6) is 0.405. The van der Waals surface area contributed by atoms with Crippen LogP contribution in [0.25, 0.3) is 0 Å². The number of nitrogens with two attached hydrogens (primary N) is 1. The van der Waals surface area contributed by atoms with Crippen LogP contribution in [0, 0.1) is 12.7 Å². The third-order valence-electron chi connectivity index (χ3n) is 2.00. The molecule has 0 saturated heterocycles. The van der Waals surface area contributed by atoms with Crippen LogP contribution in [-0.2, 0) is 0 Å². The van der Waals surface area contributed by atoms with Gasteiger partial charge in [0.05, 0.1) is 7.11 Å². The monoisotopic (exact) mass is 183 g/mol. The molecule has 0 bridgehead atoms. The summed E-state index contributed by atoms with van der Waals surface area (Å²) < 4.78 is 18.2. The Hall–Kier alpha value is -1.09. The van der Waals surface area contributed by atoms with Crippen LogP contribution in [-0.4, -0.2) is 7.11 Å². The summed E-state index contributed by atoms with van der Waals surface area (Å²) in [5, 5.41) is 0. The van der Waals surface area contributed by atoms with Gasteiger partial charge < -0.3 is 10.5 Å². The topological polar surface area (TPSA) is 35.2 Å². The van der Waals surface area contributed by atoms with Crippen LogP contribution in [0.4, 0.5) is 4.39 Å². The molecular formula is C10H14FNO. The van der Waals surface area contributed by atoms with Crippen molar-refractivity contribution in [1.82, 2.24) is 0 Å². The number of rotatable bonds is 2. The van der Waals surface area contributed by atoms with Crippen LogP contribution in [0.1, 0.15) is 24.1 Å². The number of aryl methyl sites for hydroxylation is 1. The zero-order valence-electron chi connectivity index (χ0n) is 8.10. The fourth-order valence-electron chi connectivity index (χ4n) is 1.20. The van der Waals surface area contributed by atoms with E-state index in [0.717, 1.165) is 0 Å². The highest BCUT2D eigenvalue weighted by atomic mass is 19.1. The predicted molar refractivity (Wildman–Crippen MR) is 50.3 cm³/mol. The zero-order valence-corrected chi connectivity index (χ0v) is 8.10. The SMILES string of the molecule is COc1cc(C)c(F)cc1[C@H](C)N. The highest BCUT2D eigenvalue weighted by Gasteiger charge is 2.10. The maximum Gasteiger partial charge on any atom is 0.126 e. The molecule has 13 heavy (non-hydrogen) atoms. The predicted octanol–water partition coefficient (Wildman–Crippen LogP) is 2.16. The number of hydrogen-bond acceptors (Lipinski definition) is 2. The van der Waals surface area contributed by atoms with Crippen LogP contribution < -0.4 is 10.5 Å². The van der Waals surface area contributed by atoms with Crippen LogP contribution in [0.5, 0.6) is 5.75 Å². The minimum atomic E-state index is -0.242. The molecule has 0 aliphatic carbocycles. The first-order chi connectivity index (χ1) is 6.06. The molecule has 0 fully saturated rings. The van der Waals surface area contributed by atoms with Gasteiger partial charge in [-0.25, -0.2) is 4.39 Å². The van der Waals surface area contributed by atoms with Gasteiger partial charge in [0.15, 0.2) is 0 Å². The molecule has 0 aliphatic heterocycles. The molecule has 2 N–H and O–H groups in total. The van der Waals surface area contributed by atoms with Gasteiger partial charge in [-0.05, 0) is 31.5 Å². The van der Waals surface area contributed by atoms with Crippen LogP contribution in [0.3, 0.4) is 0 Å². The lowest BCUT2D eigenvalue weighted by Crippen LogP contribution is -2.08. The van der Waals surface area contributed by atoms with E-state index in [2.05, 4.69) is 0 Å². The first kappa shape index (κ1) is 9.99. The Balaban J connectivity index is 3.25. The first-order valence-corrected chi connectivity index (χ1v) is 4.16. The van der Waals surface area contributed by atoms with Gasteiger partial charge in [-0.2, -0.15) is 0 Å². The summed E-state index contributed by atoms with van der Waals surface area (Å²) in [6.45, 7) is 3.50. The van der Waals surface area contributed by atoms with Crippen molar-refractivity contribution in [3.63, 3.8) is 0 Å². The standard InChI is InChI=1S/C10H14FNO/c1-6-4-10(13-3)8(7(2)12)5-9(6)11/h4-5,7H,12H2,1-3H3/t7-/m0/s1. The molecule has 0 heterocycles. The van der Waals surface area contributed by atoms with Crippen molar-refractivity contribution in [1.29, 1.82) is 0 Å². The second kappa shape index (κ2) is 3.75. The van der Waals surface area contributed by atoms with Crippen LogP contribution >= 0.6 is 0 Å². The minimum absolute atomic E-state index is 0.218. The van der Waals surface area contributed by atoms with E-state index in [4.69, 9.17) is 10.5 Å². The maximum atomic E-state index is 13.1. The summed E-state index contributed by atoms with van der Waals surface area (Å²) in [4.78, 5) is 0. The highest BCUT2D eigenvalue weighted by molar-refractivity contribution is 5.39. The molecule has 3 heteroatoms. The molecule has 0 aliphatic rings. The van der Waals surface area contributed by atoms with Gasteiger partial charge in [-0.3, -0.25) is 0 Å². The van der Waals surface area contributed by atoms with E-state index in [0.29, 0.717) is 16.9 Å². The fraction of sp³-hybridized carbons (Fsp3) is 0.400. The Morgan fingerprint density at radius 1 is 1.46 bits per heavy atom. The van der Waals surface area contributed by atoms with E-state index >= 15 is 0 Å². The van der Waals surface area contributed by atoms with Gasteiger partial charge in [0, 0.05) is 11.6 Å². The van der Waals surface area contributed by atoms with Crippen molar-refractivity contribution in [3.8, 4) is 5.75 Å². The Morgan fingerprint density at radius 3 is 2.54 bits per heavy atom. The Morgan fingerprint density at radius 2 is 2.08 bits per heavy atom. The second-order valence-corrected chi connectivity index (χ2v) is 3.13. The van der Waals surface area contributed by atoms with E-state index in [1.807, 2.05) is 0 Å². The summed E-state index contributed by atoms with van der Waals surface area (Å²) in [5.41, 5.74) is 6.93.